The first-order valence-corrected chi connectivity index (χ1v) is 7.17. The minimum absolute atomic E-state index is 0.0315. The lowest BCUT2D eigenvalue weighted by Crippen LogP contribution is -2.57. The first-order valence-electron chi connectivity index (χ1n) is 7.17. The molecule has 3 atom stereocenters. The van der Waals surface area contributed by atoms with E-state index in [4.69, 9.17) is 9.47 Å². The molecular formula is C16H19NO4. The highest BCUT2D eigenvalue weighted by molar-refractivity contribution is 5.83. The number of carbonyl (C=O) groups is 2. The van der Waals surface area contributed by atoms with Gasteiger partial charge in [-0.1, -0.05) is 30.3 Å². The number of hydrogen-bond donors (Lipinski definition) is 0. The Hall–Kier alpha value is -1.88. The van der Waals surface area contributed by atoms with Crippen molar-refractivity contribution in [3.63, 3.8) is 0 Å². The average molecular weight is 289 g/mol. The van der Waals surface area contributed by atoms with Gasteiger partial charge >= 0.3 is 5.97 Å². The molecule has 0 saturated carbocycles. The summed E-state index contributed by atoms with van der Waals surface area (Å²) in [5, 5.41) is 0. The van der Waals surface area contributed by atoms with Gasteiger partial charge in [-0.25, -0.2) is 0 Å². The number of methoxy groups -OCH3 is 1. The predicted molar refractivity (Wildman–Crippen MR) is 75.1 cm³/mol. The van der Waals surface area contributed by atoms with Gasteiger partial charge < -0.3 is 14.4 Å². The van der Waals surface area contributed by atoms with Gasteiger partial charge in [-0.2, -0.15) is 0 Å². The van der Waals surface area contributed by atoms with Gasteiger partial charge in [0.15, 0.2) is 5.72 Å². The van der Waals surface area contributed by atoms with E-state index in [0.717, 1.165) is 5.56 Å². The number of piperidine rings is 1. The molecule has 1 aromatic rings. The van der Waals surface area contributed by atoms with Gasteiger partial charge in [-0.05, 0) is 18.9 Å². The maximum absolute atomic E-state index is 12.4. The lowest BCUT2D eigenvalue weighted by Gasteiger charge is -2.44. The number of hydrogen-bond acceptors (Lipinski definition) is 4. The maximum atomic E-state index is 12.4. The van der Waals surface area contributed by atoms with E-state index >= 15 is 0 Å². The van der Waals surface area contributed by atoms with Crippen LogP contribution in [0.25, 0.3) is 0 Å². The minimum atomic E-state index is -0.914. The second kappa shape index (κ2) is 5.15. The molecule has 1 amide bonds. The van der Waals surface area contributed by atoms with Crippen molar-refractivity contribution in [3.8, 4) is 0 Å². The molecule has 0 bridgehead atoms. The van der Waals surface area contributed by atoms with Crippen LogP contribution in [0.5, 0.6) is 0 Å². The molecule has 0 aromatic heterocycles. The fraction of sp³-hybridized carbons (Fsp3) is 0.500. The summed E-state index contributed by atoms with van der Waals surface area (Å²) in [7, 11) is 1.37. The highest BCUT2D eigenvalue weighted by atomic mass is 16.5. The molecule has 0 aliphatic carbocycles. The number of rotatable bonds is 2. The standard InChI is InChI=1S/C16H19NO4/c1-16-12(15(19)20-2)8-9-14(18)17(16)13(10-21-16)11-6-4-3-5-7-11/h3-7,12-13H,8-10H2,1-2H3/t12-,13+,16+/m1/s1. The van der Waals surface area contributed by atoms with Crippen molar-refractivity contribution < 1.29 is 19.1 Å². The quantitative estimate of drug-likeness (QED) is 0.780. The Kier molecular flexibility index (Phi) is 3.45. The Labute approximate surface area is 123 Å². The maximum Gasteiger partial charge on any atom is 0.313 e. The second-order valence-corrected chi connectivity index (χ2v) is 5.67. The minimum Gasteiger partial charge on any atom is -0.469 e. The second-order valence-electron chi connectivity index (χ2n) is 5.67. The van der Waals surface area contributed by atoms with E-state index in [1.54, 1.807) is 4.90 Å². The summed E-state index contributed by atoms with van der Waals surface area (Å²) in [5.74, 6) is -0.721. The zero-order valence-electron chi connectivity index (χ0n) is 12.2. The highest BCUT2D eigenvalue weighted by Crippen LogP contribution is 2.46. The molecule has 21 heavy (non-hydrogen) atoms. The Morgan fingerprint density at radius 1 is 1.38 bits per heavy atom. The van der Waals surface area contributed by atoms with Crippen molar-refractivity contribution in [1.29, 1.82) is 0 Å². The van der Waals surface area contributed by atoms with Gasteiger partial charge in [0, 0.05) is 6.42 Å². The first-order chi connectivity index (χ1) is 10.1. The predicted octanol–water partition coefficient (Wildman–Crippen LogP) is 1.89. The van der Waals surface area contributed by atoms with Crippen LogP contribution < -0.4 is 0 Å². The van der Waals surface area contributed by atoms with Crippen LogP contribution >= 0.6 is 0 Å². The summed E-state index contributed by atoms with van der Waals surface area (Å²) in [6, 6.07) is 9.64. The van der Waals surface area contributed by atoms with E-state index in [9.17, 15) is 9.59 Å². The van der Waals surface area contributed by atoms with E-state index in [-0.39, 0.29) is 17.9 Å². The molecule has 1 aromatic carbocycles. The number of esters is 1. The van der Waals surface area contributed by atoms with Crippen LogP contribution in [0.15, 0.2) is 30.3 Å². The summed E-state index contributed by atoms with van der Waals surface area (Å²) in [6.07, 6.45) is 0.821. The summed E-state index contributed by atoms with van der Waals surface area (Å²) in [6.45, 7) is 2.22. The Balaban J connectivity index is 1.97. The molecule has 5 nitrogen and oxygen atoms in total. The lowest BCUT2D eigenvalue weighted by molar-refractivity contribution is -0.184. The zero-order chi connectivity index (χ0) is 15.0. The van der Waals surface area contributed by atoms with E-state index in [0.29, 0.717) is 19.4 Å². The first kappa shape index (κ1) is 14.1. The normalized spacial score (nSPS) is 31.9. The lowest BCUT2D eigenvalue weighted by atomic mass is 9.85. The molecule has 2 aliphatic heterocycles. The zero-order valence-corrected chi connectivity index (χ0v) is 12.2. The van der Waals surface area contributed by atoms with Crippen LogP contribution in [0.1, 0.15) is 31.4 Å². The van der Waals surface area contributed by atoms with Gasteiger partial charge in [-0.15, -0.1) is 0 Å². The smallest absolute Gasteiger partial charge is 0.313 e. The van der Waals surface area contributed by atoms with Crippen LogP contribution in [-0.2, 0) is 19.1 Å². The van der Waals surface area contributed by atoms with Crippen molar-refractivity contribution in [2.45, 2.75) is 31.5 Å². The van der Waals surface area contributed by atoms with E-state index < -0.39 is 11.6 Å². The molecule has 0 radical (unpaired) electrons. The molecule has 0 N–H and O–H groups in total. The summed E-state index contributed by atoms with van der Waals surface area (Å²) in [5.41, 5.74) is 0.114. The molecule has 112 valence electrons. The van der Waals surface area contributed by atoms with Crippen molar-refractivity contribution >= 4 is 11.9 Å². The average Bonchev–Trinajstić information content (AvgIpc) is 2.87. The van der Waals surface area contributed by atoms with Crippen molar-refractivity contribution in [2.75, 3.05) is 13.7 Å². The molecule has 2 saturated heterocycles. The molecule has 2 fully saturated rings. The molecule has 2 heterocycles. The topological polar surface area (TPSA) is 55.8 Å². The number of nitrogens with zero attached hydrogens (tertiary/aromatic N) is 1. The summed E-state index contributed by atoms with van der Waals surface area (Å²) >= 11 is 0. The fourth-order valence-electron chi connectivity index (χ4n) is 3.45. The van der Waals surface area contributed by atoms with Crippen molar-refractivity contribution in [2.24, 2.45) is 5.92 Å². The van der Waals surface area contributed by atoms with Gasteiger partial charge in [0.1, 0.15) is 5.92 Å². The van der Waals surface area contributed by atoms with E-state index in [1.165, 1.54) is 7.11 Å². The fourth-order valence-corrected chi connectivity index (χ4v) is 3.45. The highest BCUT2D eigenvalue weighted by Gasteiger charge is 2.57. The van der Waals surface area contributed by atoms with Crippen LogP contribution in [0.4, 0.5) is 0 Å². The van der Waals surface area contributed by atoms with Gasteiger partial charge in [0.25, 0.3) is 0 Å². The van der Waals surface area contributed by atoms with Crippen LogP contribution in [-0.4, -0.2) is 36.2 Å². The molecule has 5 heteroatoms. The van der Waals surface area contributed by atoms with Crippen LogP contribution in [0, 0.1) is 5.92 Å². The molecule has 3 rings (SSSR count). The third-order valence-corrected chi connectivity index (χ3v) is 4.56. The van der Waals surface area contributed by atoms with Gasteiger partial charge in [0.05, 0.1) is 19.8 Å². The Bertz CT molecular complexity index is 559. The van der Waals surface area contributed by atoms with Gasteiger partial charge in [-0.3, -0.25) is 9.59 Å². The molecule has 0 unspecified atom stereocenters. The summed E-state index contributed by atoms with van der Waals surface area (Å²) < 4.78 is 10.8. The number of carbonyl (C=O) groups excluding carboxylic acids is 2. The number of fused-ring (bicyclic) bond motifs is 1. The van der Waals surface area contributed by atoms with Crippen molar-refractivity contribution in [1.82, 2.24) is 4.90 Å². The molecular weight excluding hydrogens is 270 g/mol. The number of benzene rings is 1. The van der Waals surface area contributed by atoms with Crippen molar-refractivity contribution in [3.05, 3.63) is 35.9 Å². The van der Waals surface area contributed by atoms with Crippen LogP contribution in [0.2, 0.25) is 0 Å². The van der Waals surface area contributed by atoms with Crippen LogP contribution in [0.3, 0.4) is 0 Å². The third kappa shape index (κ3) is 2.12. The molecule has 2 aliphatic rings. The monoisotopic (exact) mass is 289 g/mol. The van der Waals surface area contributed by atoms with E-state index in [1.807, 2.05) is 37.3 Å². The summed E-state index contributed by atoms with van der Waals surface area (Å²) in [4.78, 5) is 26.2. The number of ether oxygens (including phenoxy) is 2. The third-order valence-electron chi connectivity index (χ3n) is 4.56. The molecule has 0 spiro atoms. The van der Waals surface area contributed by atoms with Gasteiger partial charge in [0.2, 0.25) is 5.91 Å². The number of amides is 1. The van der Waals surface area contributed by atoms with E-state index in [2.05, 4.69) is 0 Å². The SMILES string of the molecule is COC(=O)[C@H]1CCC(=O)N2[C@H](c3ccccc3)CO[C@@]12C. The Morgan fingerprint density at radius 2 is 2.10 bits per heavy atom. The Morgan fingerprint density at radius 3 is 2.76 bits per heavy atom. The largest absolute Gasteiger partial charge is 0.469 e.